The summed E-state index contributed by atoms with van der Waals surface area (Å²) in [5, 5.41) is 9.77. The lowest BCUT2D eigenvalue weighted by Crippen LogP contribution is -2.45. The molecule has 88 valence electrons. The van der Waals surface area contributed by atoms with E-state index < -0.39 is 5.60 Å². The second-order valence-corrected chi connectivity index (χ2v) is 5.95. The summed E-state index contributed by atoms with van der Waals surface area (Å²) in [6.45, 7) is 9.92. The van der Waals surface area contributed by atoms with E-state index in [-0.39, 0.29) is 11.2 Å². The number of ketones is 1. The highest BCUT2D eigenvalue weighted by Gasteiger charge is 2.30. The van der Waals surface area contributed by atoms with E-state index in [0.717, 1.165) is 25.9 Å². The summed E-state index contributed by atoms with van der Waals surface area (Å²) in [5.41, 5.74) is -0.777. The maximum atomic E-state index is 11.8. The second kappa shape index (κ2) is 4.22. The quantitative estimate of drug-likeness (QED) is 0.754. The van der Waals surface area contributed by atoms with Gasteiger partial charge in [0.15, 0.2) is 5.78 Å². The van der Waals surface area contributed by atoms with Crippen LogP contribution in [0.2, 0.25) is 0 Å². The number of piperidine rings is 1. The Kier molecular flexibility index (Phi) is 3.56. The van der Waals surface area contributed by atoms with E-state index in [9.17, 15) is 9.90 Å². The fraction of sp³-hybridized carbons (Fsp3) is 0.917. The summed E-state index contributed by atoms with van der Waals surface area (Å²) in [5.74, 6) is 0.282. The van der Waals surface area contributed by atoms with Crippen molar-refractivity contribution in [1.29, 1.82) is 0 Å². The van der Waals surface area contributed by atoms with E-state index in [0.29, 0.717) is 6.54 Å². The SMILES string of the molecule is CC1(O)CCN(CC(=O)C(C)(C)C)CC1. The Hall–Kier alpha value is -0.410. The third-order valence-electron chi connectivity index (χ3n) is 3.14. The average Bonchev–Trinajstić information content (AvgIpc) is 2.07. The summed E-state index contributed by atoms with van der Waals surface area (Å²) in [6.07, 6.45) is 1.54. The number of carbonyl (C=O) groups excluding carboxylic acids is 1. The van der Waals surface area contributed by atoms with Gasteiger partial charge in [0.1, 0.15) is 0 Å². The fourth-order valence-electron chi connectivity index (χ4n) is 1.63. The number of carbonyl (C=O) groups is 1. The standard InChI is InChI=1S/C12H23NO2/c1-11(2,3)10(14)9-13-7-5-12(4,15)6-8-13/h15H,5-9H2,1-4H3. The molecule has 15 heavy (non-hydrogen) atoms. The number of hydrogen-bond donors (Lipinski definition) is 1. The van der Waals surface area contributed by atoms with Crippen LogP contribution in [0.25, 0.3) is 0 Å². The maximum Gasteiger partial charge on any atom is 0.152 e. The van der Waals surface area contributed by atoms with Gasteiger partial charge in [-0.15, -0.1) is 0 Å². The first kappa shape index (κ1) is 12.7. The van der Waals surface area contributed by atoms with Crippen LogP contribution in [-0.2, 0) is 4.79 Å². The normalized spacial score (nSPS) is 22.7. The molecule has 0 bridgehead atoms. The number of rotatable bonds is 2. The van der Waals surface area contributed by atoms with E-state index in [2.05, 4.69) is 4.90 Å². The molecular formula is C12H23NO2. The van der Waals surface area contributed by atoms with Crippen molar-refractivity contribution < 1.29 is 9.90 Å². The molecular weight excluding hydrogens is 190 g/mol. The molecule has 1 aliphatic heterocycles. The molecule has 0 unspecified atom stereocenters. The molecule has 0 aliphatic carbocycles. The van der Waals surface area contributed by atoms with Gasteiger partial charge in [-0.3, -0.25) is 9.69 Å². The van der Waals surface area contributed by atoms with E-state index in [1.807, 2.05) is 27.7 Å². The lowest BCUT2D eigenvalue weighted by molar-refractivity contribution is -0.128. The van der Waals surface area contributed by atoms with Crippen LogP contribution in [0.5, 0.6) is 0 Å². The first-order valence-corrected chi connectivity index (χ1v) is 5.69. The van der Waals surface area contributed by atoms with Crippen LogP contribution in [0.3, 0.4) is 0 Å². The molecule has 0 amide bonds. The summed E-state index contributed by atoms with van der Waals surface area (Å²) in [4.78, 5) is 13.9. The molecule has 0 aromatic carbocycles. The number of likely N-dealkylation sites (tertiary alicyclic amines) is 1. The fourth-order valence-corrected chi connectivity index (χ4v) is 1.63. The Morgan fingerprint density at radius 1 is 1.33 bits per heavy atom. The van der Waals surface area contributed by atoms with Gasteiger partial charge in [-0.2, -0.15) is 0 Å². The molecule has 0 spiro atoms. The van der Waals surface area contributed by atoms with Crippen molar-refractivity contribution >= 4 is 5.78 Å². The molecule has 3 heteroatoms. The molecule has 1 aliphatic rings. The summed E-state index contributed by atoms with van der Waals surface area (Å²) < 4.78 is 0. The number of Topliss-reactive ketones (excluding diaryl/α,β-unsaturated/α-hetero) is 1. The zero-order valence-electron chi connectivity index (χ0n) is 10.3. The summed E-state index contributed by atoms with van der Waals surface area (Å²) in [7, 11) is 0. The van der Waals surface area contributed by atoms with E-state index >= 15 is 0 Å². The van der Waals surface area contributed by atoms with Crippen molar-refractivity contribution in [3.8, 4) is 0 Å². The van der Waals surface area contributed by atoms with Gasteiger partial charge in [0.05, 0.1) is 12.1 Å². The Bertz CT molecular complexity index is 230. The first-order chi connectivity index (χ1) is 6.71. The number of nitrogens with zero attached hydrogens (tertiary/aromatic N) is 1. The highest BCUT2D eigenvalue weighted by Crippen LogP contribution is 2.22. The van der Waals surface area contributed by atoms with Crippen LogP contribution in [0.15, 0.2) is 0 Å². The van der Waals surface area contributed by atoms with Crippen LogP contribution in [0, 0.1) is 5.41 Å². The van der Waals surface area contributed by atoms with Gasteiger partial charge >= 0.3 is 0 Å². The van der Waals surface area contributed by atoms with Crippen molar-refractivity contribution in [2.24, 2.45) is 5.41 Å². The Morgan fingerprint density at radius 2 is 1.80 bits per heavy atom. The zero-order valence-corrected chi connectivity index (χ0v) is 10.3. The predicted molar refractivity (Wildman–Crippen MR) is 60.8 cm³/mol. The number of aliphatic hydroxyl groups is 1. The van der Waals surface area contributed by atoms with Gasteiger partial charge < -0.3 is 5.11 Å². The van der Waals surface area contributed by atoms with Gasteiger partial charge in [0.25, 0.3) is 0 Å². The van der Waals surface area contributed by atoms with Crippen molar-refractivity contribution in [3.63, 3.8) is 0 Å². The molecule has 3 nitrogen and oxygen atoms in total. The maximum absolute atomic E-state index is 11.8. The van der Waals surface area contributed by atoms with Gasteiger partial charge in [0.2, 0.25) is 0 Å². The first-order valence-electron chi connectivity index (χ1n) is 5.69. The minimum absolute atomic E-state index is 0.250. The van der Waals surface area contributed by atoms with Crippen molar-refractivity contribution in [2.45, 2.75) is 46.1 Å². The van der Waals surface area contributed by atoms with E-state index in [4.69, 9.17) is 0 Å². The lowest BCUT2D eigenvalue weighted by Gasteiger charge is -2.36. The Morgan fingerprint density at radius 3 is 2.20 bits per heavy atom. The van der Waals surface area contributed by atoms with Crippen molar-refractivity contribution in [2.75, 3.05) is 19.6 Å². The van der Waals surface area contributed by atoms with Crippen molar-refractivity contribution in [1.82, 2.24) is 4.90 Å². The molecule has 0 aromatic rings. The van der Waals surface area contributed by atoms with Crippen LogP contribution < -0.4 is 0 Å². The average molecular weight is 213 g/mol. The predicted octanol–water partition coefficient (Wildman–Crippen LogP) is 1.45. The van der Waals surface area contributed by atoms with Gasteiger partial charge in [-0.25, -0.2) is 0 Å². The highest BCUT2D eigenvalue weighted by atomic mass is 16.3. The molecule has 1 N–H and O–H groups in total. The largest absolute Gasteiger partial charge is 0.390 e. The van der Waals surface area contributed by atoms with Gasteiger partial charge in [0, 0.05) is 18.5 Å². The Labute approximate surface area is 92.5 Å². The number of hydrogen-bond acceptors (Lipinski definition) is 3. The van der Waals surface area contributed by atoms with E-state index in [1.54, 1.807) is 0 Å². The monoisotopic (exact) mass is 213 g/mol. The van der Waals surface area contributed by atoms with Crippen LogP contribution in [-0.4, -0.2) is 41.0 Å². The third kappa shape index (κ3) is 3.92. The second-order valence-electron chi connectivity index (χ2n) is 5.95. The van der Waals surface area contributed by atoms with E-state index in [1.165, 1.54) is 0 Å². The van der Waals surface area contributed by atoms with Gasteiger partial charge in [-0.05, 0) is 19.8 Å². The van der Waals surface area contributed by atoms with Crippen LogP contribution in [0.4, 0.5) is 0 Å². The lowest BCUT2D eigenvalue weighted by atomic mass is 9.89. The molecule has 1 rings (SSSR count). The minimum Gasteiger partial charge on any atom is -0.390 e. The Balaban J connectivity index is 2.40. The highest BCUT2D eigenvalue weighted by molar-refractivity contribution is 5.85. The molecule has 0 saturated carbocycles. The minimum atomic E-state index is -0.527. The molecule has 1 fully saturated rings. The zero-order chi connectivity index (χ0) is 11.7. The smallest absolute Gasteiger partial charge is 0.152 e. The third-order valence-corrected chi connectivity index (χ3v) is 3.14. The topological polar surface area (TPSA) is 40.5 Å². The van der Waals surface area contributed by atoms with Gasteiger partial charge in [-0.1, -0.05) is 20.8 Å². The van der Waals surface area contributed by atoms with Crippen molar-refractivity contribution in [3.05, 3.63) is 0 Å². The molecule has 0 aromatic heterocycles. The molecule has 0 radical (unpaired) electrons. The van der Waals surface area contributed by atoms with Crippen LogP contribution in [0.1, 0.15) is 40.5 Å². The summed E-state index contributed by atoms with van der Waals surface area (Å²) >= 11 is 0. The molecule has 0 atom stereocenters. The summed E-state index contributed by atoms with van der Waals surface area (Å²) in [6, 6.07) is 0. The molecule has 1 saturated heterocycles. The van der Waals surface area contributed by atoms with Crippen LogP contribution >= 0.6 is 0 Å². The molecule has 1 heterocycles.